The molecule has 1 aliphatic rings. The third-order valence-corrected chi connectivity index (χ3v) is 2.43. The molecule has 1 fully saturated rings. The van der Waals surface area contributed by atoms with Gasteiger partial charge in [-0.3, -0.25) is 4.79 Å². The Morgan fingerprint density at radius 2 is 2.19 bits per heavy atom. The lowest BCUT2D eigenvalue weighted by Crippen LogP contribution is -2.23. The highest BCUT2D eigenvalue weighted by atomic mass is 19.3. The molecule has 16 heavy (non-hydrogen) atoms. The predicted octanol–water partition coefficient (Wildman–Crippen LogP) is 2.41. The summed E-state index contributed by atoms with van der Waals surface area (Å²) in [6.45, 7) is -2.21. The Hall–Kier alpha value is -1.65. The van der Waals surface area contributed by atoms with Gasteiger partial charge in [-0.2, -0.15) is 8.78 Å². The van der Waals surface area contributed by atoms with Gasteiger partial charge in [-0.25, -0.2) is 0 Å². The molecule has 5 heteroatoms. The summed E-state index contributed by atoms with van der Waals surface area (Å²) in [7, 11) is 0. The summed E-state index contributed by atoms with van der Waals surface area (Å²) in [5.41, 5.74) is 0.612. The molecule has 1 amide bonds. The van der Waals surface area contributed by atoms with E-state index in [2.05, 4.69) is 4.74 Å². The predicted molar refractivity (Wildman–Crippen MR) is 54.7 cm³/mol. The number of anilines is 1. The lowest BCUT2D eigenvalue weighted by Gasteiger charge is -2.16. The topological polar surface area (TPSA) is 29.5 Å². The second-order valence-electron chi connectivity index (χ2n) is 3.52. The molecule has 0 saturated carbocycles. The maximum Gasteiger partial charge on any atom is 0.387 e. The lowest BCUT2D eigenvalue weighted by molar-refractivity contribution is -0.117. The first-order valence-electron chi connectivity index (χ1n) is 5.02. The van der Waals surface area contributed by atoms with E-state index in [-0.39, 0.29) is 11.7 Å². The first-order valence-corrected chi connectivity index (χ1v) is 5.02. The van der Waals surface area contributed by atoms with Crippen LogP contribution in [0.5, 0.6) is 5.75 Å². The molecule has 1 aromatic rings. The maximum atomic E-state index is 12.0. The molecular formula is C11H11F2NO2. The van der Waals surface area contributed by atoms with Crippen molar-refractivity contribution < 1.29 is 18.3 Å². The smallest absolute Gasteiger partial charge is 0.387 e. The molecule has 1 heterocycles. The van der Waals surface area contributed by atoms with Crippen LogP contribution in [0.4, 0.5) is 14.5 Å². The number of rotatable bonds is 3. The molecule has 0 aromatic heterocycles. The van der Waals surface area contributed by atoms with Crippen molar-refractivity contribution in [1.29, 1.82) is 0 Å². The van der Waals surface area contributed by atoms with Crippen molar-refractivity contribution >= 4 is 11.6 Å². The molecule has 86 valence electrons. The number of ether oxygens (including phenoxy) is 1. The van der Waals surface area contributed by atoms with Crippen LogP contribution in [0.15, 0.2) is 24.3 Å². The van der Waals surface area contributed by atoms with Gasteiger partial charge in [0.15, 0.2) is 0 Å². The summed E-state index contributed by atoms with van der Waals surface area (Å²) in [6.07, 6.45) is 1.32. The zero-order valence-corrected chi connectivity index (χ0v) is 8.53. The van der Waals surface area contributed by atoms with Crippen molar-refractivity contribution in [2.24, 2.45) is 0 Å². The second-order valence-corrected chi connectivity index (χ2v) is 3.52. The van der Waals surface area contributed by atoms with E-state index in [0.717, 1.165) is 6.42 Å². The van der Waals surface area contributed by atoms with Gasteiger partial charge in [0.1, 0.15) is 5.75 Å². The quantitative estimate of drug-likeness (QED) is 0.793. The van der Waals surface area contributed by atoms with Crippen LogP contribution >= 0.6 is 0 Å². The van der Waals surface area contributed by atoms with Crippen molar-refractivity contribution in [1.82, 2.24) is 0 Å². The summed E-state index contributed by atoms with van der Waals surface area (Å²) in [6, 6.07) is 6.20. The van der Waals surface area contributed by atoms with E-state index >= 15 is 0 Å². The van der Waals surface area contributed by atoms with E-state index < -0.39 is 6.61 Å². The molecule has 0 spiro atoms. The Balaban J connectivity index is 2.18. The van der Waals surface area contributed by atoms with Gasteiger partial charge < -0.3 is 9.64 Å². The zero-order chi connectivity index (χ0) is 11.5. The van der Waals surface area contributed by atoms with Gasteiger partial charge in [0.25, 0.3) is 0 Å². The molecule has 0 N–H and O–H groups in total. The Morgan fingerprint density at radius 1 is 1.38 bits per heavy atom. The van der Waals surface area contributed by atoms with Crippen molar-refractivity contribution in [3.63, 3.8) is 0 Å². The molecule has 0 aliphatic carbocycles. The van der Waals surface area contributed by atoms with Crippen molar-refractivity contribution in [3.05, 3.63) is 24.3 Å². The van der Waals surface area contributed by atoms with Crippen LogP contribution in [0, 0.1) is 0 Å². The Labute approximate surface area is 91.6 Å². The fourth-order valence-electron chi connectivity index (χ4n) is 1.75. The van der Waals surface area contributed by atoms with Crippen LogP contribution in [0.25, 0.3) is 0 Å². The Bertz CT molecular complexity index is 395. The summed E-state index contributed by atoms with van der Waals surface area (Å²) >= 11 is 0. The number of hydrogen-bond acceptors (Lipinski definition) is 2. The summed E-state index contributed by atoms with van der Waals surface area (Å²) in [5, 5.41) is 0. The van der Waals surface area contributed by atoms with Gasteiger partial charge in [-0.05, 0) is 18.6 Å². The fraction of sp³-hybridized carbons (Fsp3) is 0.364. The van der Waals surface area contributed by atoms with E-state index in [0.29, 0.717) is 18.7 Å². The monoisotopic (exact) mass is 227 g/mol. The van der Waals surface area contributed by atoms with Gasteiger partial charge >= 0.3 is 6.61 Å². The SMILES string of the molecule is O=C1CCCN1c1cccc(OC(F)F)c1. The number of hydrogen-bond donors (Lipinski definition) is 0. The van der Waals surface area contributed by atoms with Gasteiger partial charge in [0.05, 0.1) is 0 Å². The minimum atomic E-state index is -2.84. The van der Waals surface area contributed by atoms with Crippen LogP contribution in [0.2, 0.25) is 0 Å². The molecule has 2 rings (SSSR count). The van der Waals surface area contributed by atoms with Crippen molar-refractivity contribution in [3.8, 4) is 5.75 Å². The highest BCUT2D eigenvalue weighted by Crippen LogP contribution is 2.25. The molecule has 3 nitrogen and oxygen atoms in total. The highest BCUT2D eigenvalue weighted by molar-refractivity contribution is 5.95. The third-order valence-electron chi connectivity index (χ3n) is 2.43. The summed E-state index contributed by atoms with van der Waals surface area (Å²) in [5.74, 6) is 0.0985. The van der Waals surface area contributed by atoms with Gasteiger partial charge in [0.2, 0.25) is 5.91 Å². The molecule has 1 aromatic carbocycles. The molecule has 0 atom stereocenters. The number of halogens is 2. The first kappa shape index (κ1) is 10.9. The molecule has 0 bridgehead atoms. The number of alkyl halides is 2. The van der Waals surface area contributed by atoms with Crippen LogP contribution in [-0.2, 0) is 4.79 Å². The van der Waals surface area contributed by atoms with E-state index in [1.54, 1.807) is 17.0 Å². The summed E-state index contributed by atoms with van der Waals surface area (Å²) in [4.78, 5) is 13.0. The Kier molecular flexibility index (Phi) is 3.03. The number of nitrogens with zero attached hydrogens (tertiary/aromatic N) is 1. The van der Waals surface area contributed by atoms with E-state index in [1.807, 2.05) is 0 Å². The number of amides is 1. The lowest BCUT2D eigenvalue weighted by atomic mass is 10.3. The number of carbonyl (C=O) groups excluding carboxylic acids is 1. The molecule has 1 aliphatic heterocycles. The standard InChI is InChI=1S/C11H11F2NO2/c12-11(13)16-9-4-1-3-8(7-9)14-6-2-5-10(14)15/h1,3-4,7,11H,2,5-6H2. The normalized spacial score (nSPS) is 15.9. The van der Waals surface area contributed by atoms with E-state index in [1.165, 1.54) is 12.1 Å². The Morgan fingerprint density at radius 3 is 2.81 bits per heavy atom. The summed E-state index contributed by atoms with van der Waals surface area (Å²) < 4.78 is 28.3. The van der Waals surface area contributed by atoms with Gasteiger partial charge in [0, 0.05) is 24.7 Å². The van der Waals surface area contributed by atoms with Crippen LogP contribution < -0.4 is 9.64 Å². The largest absolute Gasteiger partial charge is 0.435 e. The minimum absolute atomic E-state index is 0.0224. The molecular weight excluding hydrogens is 216 g/mol. The van der Waals surface area contributed by atoms with E-state index in [4.69, 9.17) is 0 Å². The third kappa shape index (κ3) is 2.29. The number of benzene rings is 1. The van der Waals surface area contributed by atoms with Crippen LogP contribution in [0.3, 0.4) is 0 Å². The molecule has 0 radical (unpaired) electrons. The highest BCUT2D eigenvalue weighted by Gasteiger charge is 2.21. The average molecular weight is 227 g/mol. The second kappa shape index (κ2) is 4.47. The van der Waals surface area contributed by atoms with Crippen LogP contribution in [-0.4, -0.2) is 19.1 Å². The molecule has 1 saturated heterocycles. The van der Waals surface area contributed by atoms with Gasteiger partial charge in [-0.1, -0.05) is 6.07 Å². The van der Waals surface area contributed by atoms with Crippen LogP contribution in [0.1, 0.15) is 12.8 Å². The number of carbonyl (C=O) groups is 1. The average Bonchev–Trinajstić information content (AvgIpc) is 2.64. The van der Waals surface area contributed by atoms with E-state index in [9.17, 15) is 13.6 Å². The zero-order valence-electron chi connectivity index (χ0n) is 8.53. The minimum Gasteiger partial charge on any atom is -0.435 e. The fourth-order valence-corrected chi connectivity index (χ4v) is 1.75. The van der Waals surface area contributed by atoms with Gasteiger partial charge in [-0.15, -0.1) is 0 Å². The molecule has 0 unspecified atom stereocenters. The van der Waals surface area contributed by atoms with Crippen molar-refractivity contribution in [2.75, 3.05) is 11.4 Å². The maximum absolute atomic E-state index is 12.0. The van der Waals surface area contributed by atoms with Crippen molar-refractivity contribution in [2.45, 2.75) is 19.5 Å². The first-order chi connectivity index (χ1) is 7.66.